The quantitative estimate of drug-likeness (QED) is 0.838. The molecule has 0 aliphatic carbocycles. The van der Waals surface area contributed by atoms with Gasteiger partial charge in [-0.2, -0.15) is 0 Å². The molecular weight excluding hydrogens is 352 g/mol. The van der Waals surface area contributed by atoms with E-state index in [2.05, 4.69) is 53.3 Å². The third kappa shape index (κ3) is 5.19. The number of nitrogens with zero attached hydrogens (tertiary/aromatic N) is 1. The summed E-state index contributed by atoms with van der Waals surface area (Å²) in [6.07, 6.45) is 0. The van der Waals surface area contributed by atoms with E-state index in [1.807, 2.05) is 37.1 Å². The molecule has 0 fully saturated rings. The van der Waals surface area contributed by atoms with Crippen molar-refractivity contribution in [2.45, 2.75) is 27.3 Å². The topological polar surface area (TPSA) is 32.3 Å². The van der Waals surface area contributed by atoms with Gasteiger partial charge in [-0.1, -0.05) is 39.7 Å². The van der Waals surface area contributed by atoms with E-state index in [-0.39, 0.29) is 5.91 Å². The van der Waals surface area contributed by atoms with Crippen LogP contribution in [0.1, 0.15) is 22.3 Å². The minimum absolute atomic E-state index is 0.00299. The molecule has 0 radical (unpaired) electrons. The van der Waals surface area contributed by atoms with Crippen LogP contribution in [0.25, 0.3) is 0 Å². The summed E-state index contributed by atoms with van der Waals surface area (Å²) in [4.78, 5) is 14.3. The molecule has 0 aromatic heterocycles. The molecular formula is C19H23BrN2O. The largest absolute Gasteiger partial charge is 0.325 e. The van der Waals surface area contributed by atoms with Crippen LogP contribution >= 0.6 is 15.9 Å². The van der Waals surface area contributed by atoms with E-state index in [4.69, 9.17) is 0 Å². The molecule has 0 aliphatic rings. The van der Waals surface area contributed by atoms with Gasteiger partial charge in [-0.05, 0) is 62.7 Å². The van der Waals surface area contributed by atoms with Gasteiger partial charge >= 0.3 is 0 Å². The van der Waals surface area contributed by atoms with Gasteiger partial charge in [-0.15, -0.1) is 0 Å². The van der Waals surface area contributed by atoms with Crippen LogP contribution in [0.2, 0.25) is 0 Å². The Morgan fingerprint density at radius 3 is 2.52 bits per heavy atom. The highest BCUT2D eigenvalue weighted by Gasteiger charge is 2.10. The number of rotatable bonds is 5. The van der Waals surface area contributed by atoms with Crippen LogP contribution in [0.15, 0.2) is 40.9 Å². The summed E-state index contributed by atoms with van der Waals surface area (Å²) in [6, 6.07) is 12.3. The van der Waals surface area contributed by atoms with Crippen LogP contribution in [0.5, 0.6) is 0 Å². The Morgan fingerprint density at radius 1 is 1.09 bits per heavy atom. The summed E-state index contributed by atoms with van der Waals surface area (Å²) in [6.45, 7) is 7.31. The first-order valence-corrected chi connectivity index (χ1v) is 8.45. The molecule has 2 aromatic rings. The molecule has 0 aliphatic heterocycles. The van der Waals surface area contributed by atoms with E-state index >= 15 is 0 Å². The number of carbonyl (C=O) groups excluding carboxylic acids is 1. The van der Waals surface area contributed by atoms with Gasteiger partial charge in [0.05, 0.1) is 6.54 Å². The number of aryl methyl sites for hydroxylation is 3. The molecule has 2 rings (SSSR count). The standard InChI is InChI=1S/C19H23BrN2O/c1-13-5-6-14(2)16(9-13)11-22(4)12-19(23)21-18-8-7-17(20)10-15(18)3/h5-10H,11-12H2,1-4H3,(H,21,23). The monoisotopic (exact) mass is 374 g/mol. The highest BCUT2D eigenvalue weighted by Crippen LogP contribution is 2.20. The zero-order valence-electron chi connectivity index (χ0n) is 14.1. The van der Waals surface area contributed by atoms with Crippen molar-refractivity contribution in [3.8, 4) is 0 Å². The van der Waals surface area contributed by atoms with Crippen LogP contribution in [-0.4, -0.2) is 24.4 Å². The molecule has 3 nitrogen and oxygen atoms in total. The molecule has 1 amide bonds. The molecule has 1 N–H and O–H groups in total. The maximum absolute atomic E-state index is 12.2. The zero-order valence-corrected chi connectivity index (χ0v) is 15.7. The summed E-state index contributed by atoms with van der Waals surface area (Å²) in [5, 5.41) is 2.98. The lowest BCUT2D eigenvalue weighted by Crippen LogP contribution is -2.30. The molecule has 0 unspecified atom stereocenters. The normalized spacial score (nSPS) is 10.9. The third-order valence-corrected chi connectivity index (χ3v) is 4.31. The van der Waals surface area contributed by atoms with Crippen molar-refractivity contribution in [2.75, 3.05) is 18.9 Å². The second-order valence-electron chi connectivity index (χ2n) is 6.11. The smallest absolute Gasteiger partial charge is 0.238 e. The van der Waals surface area contributed by atoms with Gasteiger partial charge in [0.2, 0.25) is 5.91 Å². The van der Waals surface area contributed by atoms with E-state index in [1.54, 1.807) is 0 Å². The Labute approximate surface area is 146 Å². The molecule has 0 saturated carbocycles. The molecule has 122 valence electrons. The number of carbonyl (C=O) groups is 1. The maximum atomic E-state index is 12.2. The minimum Gasteiger partial charge on any atom is -0.325 e. The fourth-order valence-electron chi connectivity index (χ4n) is 2.52. The number of nitrogens with one attached hydrogen (secondary N) is 1. The summed E-state index contributed by atoms with van der Waals surface area (Å²) in [7, 11) is 1.97. The highest BCUT2D eigenvalue weighted by molar-refractivity contribution is 9.10. The van der Waals surface area contributed by atoms with Crippen molar-refractivity contribution in [3.63, 3.8) is 0 Å². The average molecular weight is 375 g/mol. The molecule has 0 saturated heterocycles. The van der Waals surface area contributed by atoms with Crippen LogP contribution in [-0.2, 0) is 11.3 Å². The van der Waals surface area contributed by atoms with E-state index in [1.165, 1.54) is 16.7 Å². The van der Waals surface area contributed by atoms with Gasteiger partial charge < -0.3 is 5.32 Å². The highest BCUT2D eigenvalue weighted by atomic mass is 79.9. The van der Waals surface area contributed by atoms with Crippen LogP contribution in [0.4, 0.5) is 5.69 Å². The first kappa shape index (κ1) is 17.7. The summed E-state index contributed by atoms with van der Waals surface area (Å²) >= 11 is 3.43. The second-order valence-corrected chi connectivity index (χ2v) is 7.03. The average Bonchev–Trinajstić information content (AvgIpc) is 2.46. The Bertz CT molecular complexity index is 713. The zero-order chi connectivity index (χ0) is 17.0. The summed E-state index contributed by atoms with van der Waals surface area (Å²) in [5.41, 5.74) is 5.67. The number of benzene rings is 2. The molecule has 0 heterocycles. The molecule has 0 atom stereocenters. The molecule has 4 heteroatoms. The molecule has 23 heavy (non-hydrogen) atoms. The van der Waals surface area contributed by atoms with E-state index < -0.39 is 0 Å². The lowest BCUT2D eigenvalue weighted by atomic mass is 10.1. The Kier molecular flexibility index (Phi) is 5.97. The summed E-state index contributed by atoms with van der Waals surface area (Å²) < 4.78 is 1.01. The third-order valence-electron chi connectivity index (χ3n) is 3.82. The van der Waals surface area contributed by atoms with Crippen molar-refractivity contribution in [1.82, 2.24) is 4.90 Å². The number of anilines is 1. The second kappa shape index (κ2) is 7.75. The van der Waals surface area contributed by atoms with Gasteiger partial charge in [0.15, 0.2) is 0 Å². The predicted octanol–water partition coefficient (Wildman–Crippen LogP) is 4.44. The van der Waals surface area contributed by atoms with Crippen LogP contribution < -0.4 is 5.32 Å². The van der Waals surface area contributed by atoms with E-state index in [0.717, 1.165) is 22.3 Å². The Morgan fingerprint density at radius 2 is 1.83 bits per heavy atom. The molecule has 2 aromatic carbocycles. The first-order valence-electron chi connectivity index (χ1n) is 7.66. The van der Waals surface area contributed by atoms with Crippen molar-refractivity contribution in [3.05, 3.63) is 63.1 Å². The molecule has 0 bridgehead atoms. The van der Waals surface area contributed by atoms with Gasteiger partial charge in [-0.3, -0.25) is 9.69 Å². The predicted molar refractivity (Wildman–Crippen MR) is 99.8 cm³/mol. The van der Waals surface area contributed by atoms with Crippen LogP contribution in [0, 0.1) is 20.8 Å². The van der Waals surface area contributed by atoms with Gasteiger partial charge in [0.1, 0.15) is 0 Å². The van der Waals surface area contributed by atoms with Crippen molar-refractivity contribution < 1.29 is 4.79 Å². The Hall–Kier alpha value is -1.65. The van der Waals surface area contributed by atoms with Crippen molar-refractivity contribution in [1.29, 1.82) is 0 Å². The van der Waals surface area contributed by atoms with Gasteiger partial charge in [0.25, 0.3) is 0 Å². The number of hydrogen-bond acceptors (Lipinski definition) is 2. The number of amides is 1. The van der Waals surface area contributed by atoms with Gasteiger partial charge in [0, 0.05) is 16.7 Å². The number of halogens is 1. The van der Waals surface area contributed by atoms with Gasteiger partial charge in [-0.25, -0.2) is 0 Å². The van der Waals surface area contributed by atoms with E-state index in [9.17, 15) is 4.79 Å². The summed E-state index contributed by atoms with van der Waals surface area (Å²) in [5.74, 6) is 0.00299. The molecule has 0 spiro atoms. The maximum Gasteiger partial charge on any atom is 0.238 e. The van der Waals surface area contributed by atoms with Crippen molar-refractivity contribution >= 4 is 27.5 Å². The first-order chi connectivity index (χ1) is 10.8. The van der Waals surface area contributed by atoms with Crippen molar-refractivity contribution in [2.24, 2.45) is 0 Å². The number of hydrogen-bond donors (Lipinski definition) is 1. The van der Waals surface area contributed by atoms with E-state index in [0.29, 0.717) is 6.54 Å². The lowest BCUT2D eigenvalue weighted by molar-refractivity contribution is -0.117. The lowest BCUT2D eigenvalue weighted by Gasteiger charge is -2.18. The minimum atomic E-state index is 0.00299. The fraction of sp³-hybridized carbons (Fsp3) is 0.316. The Balaban J connectivity index is 1.95. The number of likely N-dealkylation sites (N-methyl/N-ethyl adjacent to an activating group) is 1. The fourth-order valence-corrected chi connectivity index (χ4v) is 3.00. The SMILES string of the molecule is Cc1ccc(C)c(CN(C)CC(=O)Nc2ccc(Br)cc2C)c1. The van der Waals surface area contributed by atoms with Crippen LogP contribution in [0.3, 0.4) is 0 Å².